The minimum absolute atomic E-state index is 0.0182. The van der Waals surface area contributed by atoms with Gasteiger partial charge in [0.05, 0.1) is 13.2 Å². The third-order valence-corrected chi connectivity index (χ3v) is 7.51. The number of hydrogen-bond acceptors (Lipinski definition) is 7. The minimum Gasteiger partial charge on any atom is -0.457 e. The van der Waals surface area contributed by atoms with Crippen LogP contribution in [0.2, 0.25) is 0 Å². The summed E-state index contributed by atoms with van der Waals surface area (Å²) in [5.74, 6) is -0.374. The summed E-state index contributed by atoms with van der Waals surface area (Å²) in [7, 11) is -4.68. The maximum atomic E-state index is 12.2. The third-order valence-electron chi connectivity index (χ3n) is 7.02. The summed E-state index contributed by atoms with van der Waals surface area (Å²) in [6.45, 7) is 4.63. The van der Waals surface area contributed by atoms with Crippen LogP contribution in [0.15, 0.2) is 0 Å². The molecule has 0 fully saturated rings. The van der Waals surface area contributed by atoms with Crippen molar-refractivity contribution in [3.63, 3.8) is 0 Å². The number of phosphoric ester groups is 1. The van der Waals surface area contributed by atoms with E-state index in [0.29, 0.717) is 6.61 Å². The van der Waals surface area contributed by atoms with Crippen molar-refractivity contribution in [3.05, 3.63) is 0 Å². The summed E-state index contributed by atoms with van der Waals surface area (Å²) in [6.07, 6.45) is 22.6. The first-order chi connectivity index (χ1) is 20.2. The summed E-state index contributed by atoms with van der Waals surface area (Å²) in [4.78, 5) is 41.0. The lowest BCUT2D eigenvalue weighted by Gasteiger charge is -2.18. The molecule has 10 nitrogen and oxygen atoms in total. The maximum Gasteiger partial charge on any atom is 0.469 e. The van der Waals surface area contributed by atoms with E-state index in [1.54, 1.807) is 6.92 Å². The molecule has 42 heavy (non-hydrogen) atoms. The van der Waals surface area contributed by atoms with E-state index < -0.39 is 26.5 Å². The zero-order valence-corrected chi connectivity index (χ0v) is 27.6. The van der Waals surface area contributed by atoms with Crippen LogP contribution in [0.1, 0.15) is 149 Å². The molecule has 0 aromatic heterocycles. The Morgan fingerprint density at radius 1 is 0.690 bits per heavy atom. The van der Waals surface area contributed by atoms with Gasteiger partial charge < -0.3 is 29.3 Å². The summed E-state index contributed by atoms with van der Waals surface area (Å²) in [5.41, 5.74) is 0. The molecule has 0 heterocycles. The van der Waals surface area contributed by atoms with Crippen molar-refractivity contribution in [1.29, 1.82) is 0 Å². The molecule has 0 aliphatic rings. The highest BCUT2D eigenvalue weighted by atomic mass is 31.2. The SMILES string of the molecule is CCCCCCCCCCCCC(=O)O[C@@H](COCOCCCCCCCCCCCCNC(C)=O)COP(=O)(O)O. The fraction of sp³-hybridized carbons (Fsp3) is 0.935. The van der Waals surface area contributed by atoms with Crippen LogP contribution >= 0.6 is 7.82 Å². The van der Waals surface area contributed by atoms with E-state index in [1.807, 2.05) is 0 Å². The molecule has 0 rings (SSSR count). The zero-order valence-electron chi connectivity index (χ0n) is 26.7. The van der Waals surface area contributed by atoms with E-state index >= 15 is 0 Å². The molecule has 0 spiro atoms. The number of carbonyl (C=O) groups is 2. The second-order valence-corrected chi connectivity index (χ2v) is 12.5. The number of carbonyl (C=O) groups excluding carboxylic acids is 2. The lowest BCUT2D eigenvalue weighted by molar-refractivity contribution is -0.158. The molecule has 0 aromatic rings. The average Bonchev–Trinajstić information content (AvgIpc) is 2.93. The van der Waals surface area contributed by atoms with Crippen molar-refractivity contribution in [3.8, 4) is 0 Å². The number of esters is 1. The highest BCUT2D eigenvalue weighted by Crippen LogP contribution is 2.35. The van der Waals surface area contributed by atoms with Crippen molar-refractivity contribution >= 4 is 19.7 Å². The molecule has 0 saturated carbocycles. The van der Waals surface area contributed by atoms with Gasteiger partial charge in [-0.2, -0.15) is 0 Å². The molecule has 1 atom stereocenters. The largest absolute Gasteiger partial charge is 0.469 e. The van der Waals surface area contributed by atoms with Crippen molar-refractivity contribution < 1.29 is 42.7 Å². The third kappa shape index (κ3) is 33.5. The van der Waals surface area contributed by atoms with Crippen LogP contribution in [-0.2, 0) is 32.9 Å². The molecule has 0 aliphatic heterocycles. The Morgan fingerprint density at radius 2 is 1.19 bits per heavy atom. The fourth-order valence-electron chi connectivity index (χ4n) is 4.60. The first kappa shape index (κ1) is 41.0. The standard InChI is InChI=1S/C31H62NO9P/c1-3-4-5-6-7-8-11-14-17-20-23-31(34)41-30(27-40-42(35,36)37)26-39-28-38-25-22-19-16-13-10-9-12-15-18-21-24-32-29(2)33/h30H,3-28H2,1-2H3,(H,32,33)(H2,35,36,37)/t30-/m0/s1. The van der Waals surface area contributed by atoms with Gasteiger partial charge in [0.1, 0.15) is 12.9 Å². The van der Waals surface area contributed by atoms with Crippen molar-refractivity contribution in [1.82, 2.24) is 5.32 Å². The number of ether oxygens (including phenoxy) is 3. The average molecular weight is 624 g/mol. The van der Waals surface area contributed by atoms with Crippen molar-refractivity contribution in [2.75, 3.05) is 33.2 Å². The smallest absolute Gasteiger partial charge is 0.457 e. The molecule has 3 N–H and O–H groups in total. The van der Waals surface area contributed by atoms with Crippen molar-refractivity contribution in [2.24, 2.45) is 0 Å². The van der Waals surface area contributed by atoms with E-state index in [4.69, 9.17) is 24.0 Å². The lowest BCUT2D eigenvalue weighted by atomic mass is 10.1. The lowest BCUT2D eigenvalue weighted by Crippen LogP contribution is -2.28. The molecular weight excluding hydrogens is 561 g/mol. The normalized spacial score (nSPS) is 12.4. The van der Waals surface area contributed by atoms with Crippen molar-refractivity contribution in [2.45, 2.75) is 155 Å². The summed E-state index contributed by atoms with van der Waals surface area (Å²) in [6, 6.07) is 0. The van der Waals surface area contributed by atoms with Gasteiger partial charge in [-0.15, -0.1) is 0 Å². The Labute approximate surface area is 255 Å². The minimum atomic E-state index is -4.68. The van der Waals surface area contributed by atoms with E-state index in [-0.39, 0.29) is 25.7 Å². The molecule has 250 valence electrons. The Hall–Kier alpha value is -1.03. The number of amides is 1. The van der Waals surface area contributed by atoms with Crippen LogP contribution in [0.25, 0.3) is 0 Å². The van der Waals surface area contributed by atoms with Gasteiger partial charge >= 0.3 is 13.8 Å². The maximum absolute atomic E-state index is 12.2. The zero-order chi connectivity index (χ0) is 31.2. The Balaban J connectivity index is 3.79. The van der Waals surface area contributed by atoms with Gasteiger partial charge in [-0.3, -0.25) is 14.1 Å². The van der Waals surface area contributed by atoms with Gasteiger partial charge in [-0.05, 0) is 19.3 Å². The first-order valence-electron chi connectivity index (χ1n) is 16.5. The van der Waals surface area contributed by atoms with Gasteiger partial charge in [0.25, 0.3) is 0 Å². The first-order valence-corrected chi connectivity index (χ1v) is 18.1. The predicted octanol–water partition coefficient (Wildman–Crippen LogP) is 7.35. The quantitative estimate of drug-likeness (QED) is 0.0304. The summed E-state index contributed by atoms with van der Waals surface area (Å²) < 4.78 is 31.9. The number of phosphoric acid groups is 1. The molecule has 0 saturated heterocycles. The number of unbranched alkanes of at least 4 members (excludes halogenated alkanes) is 18. The molecule has 11 heteroatoms. The van der Waals surface area contributed by atoms with Crippen LogP contribution in [0.4, 0.5) is 0 Å². The van der Waals surface area contributed by atoms with Gasteiger partial charge in [-0.25, -0.2) is 4.57 Å². The number of hydrogen-bond donors (Lipinski definition) is 3. The number of rotatable bonds is 32. The molecular formula is C31H62NO9P. The molecule has 0 aromatic carbocycles. The number of nitrogens with one attached hydrogen (secondary N) is 1. The molecule has 0 aliphatic carbocycles. The monoisotopic (exact) mass is 623 g/mol. The predicted molar refractivity (Wildman–Crippen MR) is 166 cm³/mol. The van der Waals surface area contributed by atoms with E-state index in [0.717, 1.165) is 45.1 Å². The molecule has 0 radical (unpaired) electrons. The molecule has 1 amide bonds. The fourth-order valence-corrected chi connectivity index (χ4v) is 4.96. The second-order valence-electron chi connectivity index (χ2n) is 11.2. The highest BCUT2D eigenvalue weighted by molar-refractivity contribution is 7.46. The Kier molecular flexibility index (Phi) is 29.3. The van der Waals surface area contributed by atoms with Crippen LogP contribution in [0, 0.1) is 0 Å². The van der Waals surface area contributed by atoms with Gasteiger partial charge in [0, 0.05) is 26.5 Å². The van der Waals surface area contributed by atoms with Crippen LogP contribution < -0.4 is 5.32 Å². The van der Waals surface area contributed by atoms with Crippen LogP contribution in [0.5, 0.6) is 0 Å². The van der Waals surface area contributed by atoms with E-state index in [2.05, 4.69) is 16.8 Å². The summed E-state index contributed by atoms with van der Waals surface area (Å²) >= 11 is 0. The van der Waals surface area contributed by atoms with Crippen LogP contribution in [0.3, 0.4) is 0 Å². The van der Waals surface area contributed by atoms with E-state index in [9.17, 15) is 14.2 Å². The van der Waals surface area contributed by atoms with Gasteiger partial charge in [-0.1, -0.05) is 116 Å². The second kappa shape index (κ2) is 30.0. The summed E-state index contributed by atoms with van der Waals surface area (Å²) in [5, 5.41) is 2.82. The van der Waals surface area contributed by atoms with E-state index in [1.165, 1.54) is 89.9 Å². The van der Waals surface area contributed by atoms with Crippen LogP contribution in [-0.4, -0.2) is 60.9 Å². The Bertz CT molecular complexity index is 675. The Morgan fingerprint density at radius 3 is 1.71 bits per heavy atom. The van der Waals surface area contributed by atoms with Gasteiger partial charge in [0.15, 0.2) is 0 Å². The molecule has 0 unspecified atom stereocenters. The van der Waals surface area contributed by atoms with Gasteiger partial charge in [0.2, 0.25) is 5.91 Å². The topological polar surface area (TPSA) is 141 Å². The molecule has 0 bridgehead atoms. The highest BCUT2D eigenvalue weighted by Gasteiger charge is 2.21.